The van der Waals surface area contributed by atoms with Crippen molar-refractivity contribution in [2.75, 3.05) is 5.32 Å². The summed E-state index contributed by atoms with van der Waals surface area (Å²) in [6.45, 7) is 10.8. The lowest BCUT2D eigenvalue weighted by Gasteiger charge is -2.19. The van der Waals surface area contributed by atoms with Crippen molar-refractivity contribution in [2.24, 2.45) is 0 Å². The summed E-state index contributed by atoms with van der Waals surface area (Å²) in [6.07, 6.45) is 0.949. The number of hydrogen-bond acceptors (Lipinski definition) is 2. The highest BCUT2D eigenvalue weighted by molar-refractivity contribution is 6.30. The maximum Gasteiger partial charge on any atom is 0.127 e. The van der Waals surface area contributed by atoms with Gasteiger partial charge in [0, 0.05) is 28.4 Å². The summed E-state index contributed by atoms with van der Waals surface area (Å²) in [7, 11) is 0. The molecule has 0 amide bonds. The van der Waals surface area contributed by atoms with Crippen molar-refractivity contribution in [1.29, 1.82) is 0 Å². The van der Waals surface area contributed by atoms with Crippen LogP contribution in [-0.2, 0) is 6.42 Å². The first kappa shape index (κ1) is 15.2. The van der Waals surface area contributed by atoms with E-state index in [1.54, 1.807) is 0 Å². The maximum atomic E-state index is 6.16. The summed E-state index contributed by atoms with van der Waals surface area (Å²) in [5, 5.41) is 4.30. The molecule has 0 radical (unpaired) electrons. The fourth-order valence-corrected chi connectivity index (χ4v) is 3.27. The van der Waals surface area contributed by atoms with Gasteiger partial charge in [-0.3, -0.25) is 0 Å². The van der Waals surface area contributed by atoms with Crippen LogP contribution in [-0.4, -0.2) is 5.60 Å². The number of anilines is 2. The molecule has 1 aliphatic rings. The molecule has 2 nitrogen and oxygen atoms in total. The molecule has 22 heavy (non-hydrogen) atoms. The van der Waals surface area contributed by atoms with E-state index in [-0.39, 0.29) is 5.60 Å². The summed E-state index contributed by atoms with van der Waals surface area (Å²) in [6, 6.07) is 7.82. The van der Waals surface area contributed by atoms with Crippen LogP contribution in [0.2, 0.25) is 5.02 Å². The largest absolute Gasteiger partial charge is 0.487 e. The number of halogens is 1. The quantitative estimate of drug-likeness (QED) is 0.765. The fraction of sp³-hybridized carbons (Fsp3) is 0.368. The topological polar surface area (TPSA) is 21.3 Å². The second-order valence-electron chi connectivity index (χ2n) is 6.73. The molecule has 0 fully saturated rings. The monoisotopic (exact) mass is 315 g/mol. The van der Waals surface area contributed by atoms with E-state index in [0.717, 1.165) is 22.9 Å². The van der Waals surface area contributed by atoms with Gasteiger partial charge >= 0.3 is 0 Å². The Kier molecular flexibility index (Phi) is 3.60. The van der Waals surface area contributed by atoms with Crippen molar-refractivity contribution in [2.45, 2.75) is 46.6 Å². The highest BCUT2D eigenvalue weighted by Gasteiger charge is 2.34. The molecule has 0 saturated carbocycles. The van der Waals surface area contributed by atoms with Gasteiger partial charge in [0.1, 0.15) is 11.4 Å². The molecule has 0 unspecified atom stereocenters. The minimum absolute atomic E-state index is 0.122. The molecule has 1 aliphatic heterocycles. The molecular formula is C19H22ClNO. The lowest BCUT2D eigenvalue weighted by molar-refractivity contribution is 0.137. The SMILES string of the molecule is Cc1c(C)c2c(c(C)c1Nc1ccc(Cl)cc1)CC(C)(C)O2. The number of nitrogens with one attached hydrogen (secondary N) is 1. The molecule has 0 aliphatic carbocycles. The van der Waals surface area contributed by atoms with E-state index in [2.05, 4.69) is 39.9 Å². The first-order chi connectivity index (χ1) is 10.3. The van der Waals surface area contributed by atoms with Crippen molar-refractivity contribution in [3.63, 3.8) is 0 Å². The van der Waals surface area contributed by atoms with Crippen LogP contribution in [0.15, 0.2) is 24.3 Å². The van der Waals surface area contributed by atoms with Crippen molar-refractivity contribution in [3.05, 3.63) is 51.5 Å². The van der Waals surface area contributed by atoms with Gasteiger partial charge in [-0.2, -0.15) is 0 Å². The van der Waals surface area contributed by atoms with Gasteiger partial charge in [0.05, 0.1) is 0 Å². The van der Waals surface area contributed by atoms with E-state index in [1.807, 2.05) is 24.3 Å². The van der Waals surface area contributed by atoms with Gasteiger partial charge in [-0.25, -0.2) is 0 Å². The normalized spacial score (nSPS) is 15.4. The third kappa shape index (κ3) is 2.56. The maximum absolute atomic E-state index is 6.16. The smallest absolute Gasteiger partial charge is 0.127 e. The second kappa shape index (κ2) is 5.20. The highest BCUT2D eigenvalue weighted by Crippen LogP contribution is 2.44. The van der Waals surface area contributed by atoms with E-state index in [1.165, 1.54) is 27.9 Å². The Morgan fingerprint density at radius 1 is 1.00 bits per heavy atom. The van der Waals surface area contributed by atoms with Crippen LogP contribution in [0.4, 0.5) is 11.4 Å². The molecule has 0 aromatic heterocycles. The van der Waals surface area contributed by atoms with Crippen molar-refractivity contribution >= 4 is 23.0 Å². The summed E-state index contributed by atoms with van der Waals surface area (Å²) >= 11 is 5.97. The van der Waals surface area contributed by atoms with Crippen LogP contribution < -0.4 is 10.1 Å². The predicted molar refractivity (Wildman–Crippen MR) is 93.8 cm³/mol. The van der Waals surface area contributed by atoms with Crippen LogP contribution in [0.5, 0.6) is 5.75 Å². The lowest BCUT2D eigenvalue weighted by atomic mass is 9.92. The zero-order valence-electron chi connectivity index (χ0n) is 13.8. The van der Waals surface area contributed by atoms with Crippen LogP contribution in [0.25, 0.3) is 0 Å². The zero-order chi connectivity index (χ0) is 16.1. The molecule has 116 valence electrons. The number of hydrogen-bond donors (Lipinski definition) is 1. The van der Waals surface area contributed by atoms with Gasteiger partial charge in [0.2, 0.25) is 0 Å². The summed E-state index contributed by atoms with van der Waals surface area (Å²) in [5.41, 5.74) is 7.17. The third-order valence-corrected chi connectivity index (χ3v) is 4.73. The van der Waals surface area contributed by atoms with E-state index >= 15 is 0 Å². The van der Waals surface area contributed by atoms with Gasteiger partial charge in [0.15, 0.2) is 0 Å². The minimum atomic E-state index is -0.122. The molecule has 3 rings (SSSR count). The van der Waals surface area contributed by atoms with E-state index < -0.39 is 0 Å². The number of fused-ring (bicyclic) bond motifs is 1. The van der Waals surface area contributed by atoms with E-state index in [9.17, 15) is 0 Å². The summed E-state index contributed by atoms with van der Waals surface area (Å²) in [5.74, 6) is 1.07. The second-order valence-corrected chi connectivity index (χ2v) is 7.16. The Labute approximate surface area is 137 Å². The van der Waals surface area contributed by atoms with Crippen LogP contribution in [0.3, 0.4) is 0 Å². The number of ether oxygens (including phenoxy) is 1. The Morgan fingerprint density at radius 3 is 2.27 bits per heavy atom. The predicted octanol–water partition coefficient (Wildman–Crippen LogP) is 5.72. The molecule has 0 bridgehead atoms. The summed E-state index contributed by atoms with van der Waals surface area (Å²) in [4.78, 5) is 0. The first-order valence-corrected chi connectivity index (χ1v) is 8.00. The van der Waals surface area contributed by atoms with Crippen molar-refractivity contribution < 1.29 is 4.74 Å². The van der Waals surface area contributed by atoms with E-state index in [4.69, 9.17) is 16.3 Å². The van der Waals surface area contributed by atoms with Crippen LogP contribution >= 0.6 is 11.6 Å². The minimum Gasteiger partial charge on any atom is -0.487 e. The average Bonchev–Trinajstić information content (AvgIpc) is 2.79. The standard InChI is InChI=1S/C19H22ClNO/c1-11-12(2)18-16(10-19(4,5)22-18)13(3)17(11)21-15-8-6-14(20)7-9-15/h6-9,21H,10H2,1-5H3. The molecular weight excluding hydrogens is 294 g/mol. The third-order valence-electron chi connectivity index (χ3n) is 4.47. The van der Waals surface area contributed by atoms with Crippen LogP contribution in [0.1, 0.15) is 36.1 Å². The molecule has 0 atom stereocenters. The first-order valence-electron chi connectivity index (χ1n) is 7.63. The Balaban J connectivity index is 2.06. The molecule has 3 heteroatoms. The van der Waals surface area contributed by atoms with Gasteiger partial charge < -0.3 is 10.1 Å². The highest BCUT2D eigenvalue weighted by atomic mass is 35.5. The molecule has 0 spiro atoms. The van der Waals surface area contributed by atoms with Crippen molar-refractivity contribution in [3.8, 4) is 5.75 Å². The van der Waals surface area contributed by atoms with E-state index in [0.29, 0.717) is 0 Å². The van der Waals surface area contributed by atoms with Gasteiger partial charge in [-0.1, -0.05) is 11.6 Å². The van der Waals surface area contributed by atoms with Gasteiger partial charge in [0.25, 0.3) is 0 Å². The number of benzene rings is 2. The lowest BCUT2D eigenvalue weighted by Crippen LogP contribution is -2.24. The summed E-state index contributed by atoms with van der Waals surface area (Å²) < 4.78 is 6.16. The molecule has 0 saturated heterocycles. The van der Waals surface area contributed by atoms with Gasteiger partial charge in [-0.05, 0) is 75.6 Å². The Hall–Kier alpha value is -1.67. The average molecular weight is 316 g/mol. The van der Waals surface area contributed by atoms with Gasteiger partial charge in [-0.15, -0.1) is 0 Å². The van der Waals surface area contributed by atoms with Crippen LogP contribution in [0, 0.1) is 20.8 Å². The Morgan fingerprint density at radius 2 is 1.64 bits per heavy atom. The molecule has 2 aromatic rings. The van der Waals surface area contributed by atoms with Crippen molar-refractivity contribution in [1.82, 2.24) is 0 Å². The molecule has 1 N–H and O–H groups in total. The molecule has 1 heterocycles. The zero-order valence-corrected chi connectivity index (χ0v) is 14.6. The Bertz CT molecular complexity index is 732. The molecule has 2 aromatic carbocycles. The number of rotatable bonds is 2. The fourth-order valence-electron chi connectivity index (χ4n) is 3.14.